The molecule has 1 N–H and O–H groups in total. The minimum atomic E-state index is -0.304. The first-order valence-electron chi connectivity index (χ1n) is 10.5. The van der Waals surface area contributed by atoms with Crippen molar-refractivity contribution in [3.8, 4) is 5.75 Å². The predicted octanol–water partition coefficient (Wildman–Crippen LogP) is 5.70. The molecule has 0 bridgehead atoms. The number of carbonyl (C=O) groups excluding carboxylic acids is 1. The highest BCUT2D eigenvalue weighted by Crippen LogP contribution is 2.40. The SMILES string of the molecule is CCCN1c2cc(C)c(/C=N\NC(=O)COc3ccc(Br)cc3)cc2C(C)=CC1(C)C. The molecule has 2 aromatic rings. The van der Waals surface area contributed by atoms with Crippen LogP contribution < -0.4 is 15.1 Å². The van der Waals surface area contributed by atoms with E-state index in [0.717, 1.165) is 28.6 Å². The van der Waals surface area contributed by atoms with Gasteiger partial charge < -0.3 is 9.64 Å². The molecule has 0 atom stereocenters. The molecule has 1 amide bonds. The first kappa shape index (κ1) is 23.1. The lowest BCUT2D eigenvalue weighted by molar-refractivity contribution is -0.123. The number of hydrazone groups is 1. The van der Waals surface area contributed by atoms with Crippen molar-refractivity contribution in [3.05, 3.63) is 63.6 Å². The van der Waals surface area contributed by atoms with Crippen molar-refractivity contribution < 1.29 is 9.53 Å². The van der Waals surface area contributed by atoms with Gasteiger partial charge >= 0.3 is 0 Å². The van der Waals surface area contributed by atoms with E-state index in [-0.39, 0.29) is 18.1 Å². The van der Waals surface area contributed by atoms with E-state index < -0.39 is 0 Å². The summed E-state index contributed by atoms with van der Waals surface area (Å²) in [4.78, 5) is 14.5. The third kappa shape index (κ3) is 5.56. The van der Waals surface area contributed by atoms with E-state index in [0.29, 0.717) is 5.75 Å². The summed E-state index contributed by atoms with van der Waals surface area (Å²) in [6.07, 6.45) is 5.11. The van der Waals surface area contributed by atoms with Crippen LogP contribution in [0.2, 0.25) is 0 Å². The highest BCUT2D eigenvalue weighted by atomic mass is 79.9. The molecule has 0 spiro atoms. The number of aryl methyl sites for hydroxylation is 1. The molecule has 0 aliphatic carbocycles. The summed E-state index contributed by atoms with van der Waals surface area (Å²) in [7, 11) is 0. The normalized spacial score (nSPS) is 14.9. The third-order valence-electron chi connectivity index (χ3n) is 5.39. The van der Waals surface area contributed by atoms with Gasteiger partial charge in [0.2, 0.25) is 0 Å². The van der Waals surface area contributed by atoms with Crippen LogP contribution in [0.1, 0.15) is 50.8 Å². The molecule has 31 heavy (non-hydrogen) atoms. The van der Waals surface area contributed by atoms with Gasteiger partial charge in [-0.1, -0.05) is 28.9 Å². The first-order chi connectivity index (χ1) is 14.7. The van der Waals surface area contributed by atoms with Crippen LogP contribution in [-0.4, -0.2) is 30.8 Å². The van der Waals surface area contributed by atoms with E-state index in [1.54, 1.807) is 18.3 Å². The van der Waals surface area contributed by atoms with Crippen LogP contribution in [0.3, 0.4) is 0 Å². The molecular weight excluding hydrogens is 454 g/mol. The van der Waals surface area contributed by atoms with Crippen LogP contribution in [0.25, 0.3) is 5.57 Å². The molecule has 0 aromatic heterocycles. The fourth-order valence-electron chi connectivity index (χ4n) is 3.90. The number of ether oxygens (including phenoxy) is 1. The Bertz CT molecular complexity index is 1010. The summed E-state index contributed by atoms with van der Waals surface area (Å²) >= 11 is 3.37. The number of anilines is 1. The number of hydrogen-bond donors (Lipinski definition) is 1. The summed E-state index contributed by atoms with van der Waals surface area (Å²) in [5.41, 5.74) is 8.36. The Kier molecular flexibility index (Phi) is 7.21. The van der Waals surface area contributed by atoms with Crippen LogP contribution in [0, 0.1) is 6.92 Å². The first-order valence-corrected chi connectivity index (χ1v) is 11.3. The predicted molar refractivity (Wildman–Crippen MR) is 132 cm³/mol. The van der Waals surface area contributed by atoms with Crippen LogP contribution in [-0.2, 0) is 4.79 Å². The molecule has 1 aliphatic rings. The zero-order valence-corrected chi connectivity index (χ0v) is 20.4. The van der Waals surface area contributed by atoms with E-state index in [1.807, 2.05) is 12.1 Å². The number of amides is 1. The number of nitrogens with one attached hydrogen (secondary N) is 1. The lowest BCUT2D eigenvalue weighted by Gasteiger charge is -2.43. The smallest absolute Gasteiger partial charge is 0.277 e. The molecule has 1 aliphatic heterocycles. The summed E-state index contributed by atoms with van der Waals surface area (Å²) in [5.74, 6) is 0.330. The molecule has 0 radical (unpaired) electrons. The number of fused-ring (bicyclic) bond motifs is 1. The Morgan fingerprint density at radius 3 is 2.61 bits per heavy atom. The average molecular weight is 484 g/mol. The molecule has 164 valence electrons. The van der Waals surface area contributed by atoms with Crippen LogP contribution in [0.4, 0.5) is 5.69 Å². The number of halogens is 1. The molecule has 2 aromatic carbocycles. The zero-order chi connectivity index (χ0) is 22.6. The van der Waals surface area contributed by atoms with Gasteiger partial charge in [-0.2, -0.15) is 5.10 Å². The van der Waals surface area contributed by atoms with Gasteiger partial charge in [0.1, 0.15) is 5.75 Å². The number of allylic oxidation sites excluding steroid dienone is 1. The molecule has 1 heterocycles. The number of nitrogens with zero attached hydrogens (tertiary/aromatic N) is 2. The van der Waals surface area contributed by atoms with E-state index in [9.17, 15) is 4.79 Å². The number of hydrogen-bond acceptors (Lipinski definition) is 4. The number of carbonyl (C=O) groups is 1. The molecular formula is C25H30BrN3O2. The van der Waals surface area contributed by atoms with Gasteiger partial charge in [-0.05, 0) is 87.2 Å². The quantitative estimate of drug-likeness (QED) is 0.405. The summed E-state index contributed by atoms with van der Waals surface area (Å²) in [6.45, 7) is 11.9. The standard InChI is InChI=1S/C25H30BrN3O2/c1-6-11-29-23-12-17(2)19(13-22(23)18(3)14-25(29,4)5)15-27-28-24(30)16-31-21-9-7-20(26)8-10-21/h7-10,12-15H,6,11,16H2,1-5H3,(H,28,30)/b27-15-. The lowest BCUT2D eigenvalue weighted by Crippen LogP contribution is -2.45. The molecule has 0 saturated carbocycles. The van der Waals surface area contributed by atoms with Gasteiger partial charge in [0.25, 0.3) is 5.91 Å². The van der Waals surface area contributed by atoms with Crippen molar-refractivity contribution in [1.29, 1.82) is 0 Å². The Morgan fingerprint density at radius 2 is 1.94 bits per heavy atom. The minimum absolute atomic E-state index is 0.0159. The van der Waals surface area contributed by atoms with Crippen molar-refractivity contribution in [2.24, 2.45) is 5.10 Å². The maximum absolute atomic E-state index is 12.1. The second-order valence-electron chi connectivity index (χ2n) is 8.39. The molecule has 3 rings (SSSR count). The van der Waals surface area contributed by atoms with Crippen molar-refractivity contribution in [2.75, 3.05) is 18.1 Å². The summed E-state index contributed by atoms with van der Waals surface area (Å²) < 4.78 is 6.43. The molecule has 0 saturated heterocycles. The largest absolute Gasteiger partial charge is 0.484 e. The van der Waals surface area contributed by atoms with Gasteiger partial charge in [-0.15, -0.1) is 0 Å². The Hall–Kier alpha value is -2.60. The second-order valence-corrected chi connectivity index (χ2v) is 9.31. The summed E-state index contributed by atoms with van der Waals surface area (Å²) in [6, 6.07) is 11.7. The number of benzene rings is 2. The molecule has 6 heteroatoms. The van der Waals surface area contributed by atoms with Crippen molar-refractivity contribution in [3.63, 3.8) is 0 Å². The van der Waals surface area contributed by atoms with Gasteiger partial charge in [0.05, 0.1) is 11.8 Å². The second kappa shape index (κ2) is 9.69. The Balaban J connectivity index is 1.69. The Labute approximate surface area is 193 Å². The van der Waals surface area contributed by atoms with Crippen molar-refractivity contribution >= 4 is 39.3 Å². The minimum Gasteiger partial charge on any atom is -0.484 e. The fourth-order valence-corrected chi connectivity index (χ4v) is 4.17. The van der Waals surface area contributed by atoms with E-state index >= 15 is 0 Å². The maximum Gasteiger partial charge on any atom is 0.277 e. The highest BCUT2D eigenvalue weighted by molar-refractivity contribution is 9.10. The van der Waals surface area contributed by atoms with Gasteiger partial charge in [0, 0.05) is 22.3 Å². The van der Waals surface area contributed by atoms with Gasteiger partial charge in [-0.3, -0.25) is 4.79 Å². The van der Waals surface area contributed by atoms with Crippen LogP contribution in [0.15, 0.2) is 52.0 Å². The monoisotopic (exact) mass is 483 g/mol. The van der Waals surface area contributed by atoms with E-state index in [4.69, 9.17) is 4.74 Å². The van der Waals surface area contributed by atoms with Crippen molar-refractivity contribution in [2.45, 2.75) is 46.6 Å². The van der Waals surface area contributed by atoms with Gasteiger partial charge in [-0.25, -0.2) is 5.43 Å². The fraction of sp³-hybridized carbons (Fsp3) is 0.360. The highest BCUT2D eigenvalue weighted by Gasteiger charge is 2.31. The van der Waals surface area contributed by atoms with E-state index in [2.05, 4.69) is 84.2 Å². The third-order valence-corrected chi connectivity index (χ3v) is 5.92. The summed E-state index contributed by atoms with van der Waals surface area (Å²) in [5, 5.41) is 4.14. The van der Waals surface area contributed by atoms with Crippen LogP contribution in [0.5, 0.6) is 5.75 Å². The molecule has 5 nitrogen and oxygen atoms in total. The number of rotatable bonds is 7. The average Bonchev–Trinajstić information content (AvgIpc) is 2.71. The zero-order valence-electron chi connectivity index (χ0n) is 18.8. The molecule has 0 fully saturated rings. The molecule has 0 unspecified atom stereocenters. The van der Waals surface area contributed by atoms with Crippen molar-refractivity contribution in [1.82, 2.24) is 5.43 Å². The maximum atomic E-state index is 12.1. The van der Waals surface area contributed by atoms with Gasteiger partial charge in [0.15, 0.2) is 6.61 Å². The van der Waals surface area contributed by atoms with E-state index in [1.165, 1.54) is 16.8 Å². The lowest BCUT2D eigenvalue weighted by atomic mass is 9.87. The Morgan fingerprint density at radius 1 is 1.23 bits per heavy atom. The topological polar surface area (TPSA) is 53.9 Å². The van der Waals surface area contributed by atoms with Crippen LogP contribution >= 0.6 is 15.9 Å².